The lowest BCUT2D eigenvalue weighted by Gasteiger charge is -2.20. The van der Waals surface area contributed by atoms with Crippen molar-refractivity contribution in [2.24, 2.45) is 0 Å². The highest BCUT2D eigenvalue weighted by Gasteiger charge is 2.32. The van der Waals surface area contributed by atoms with Crippen LogP contribution < -0.4 is 10.2 Å². The molecule has 21 heavy (non-hydrogen) atoms. The molecule has 0 amide bonds. The molecule has 0 saturated heterocycles. The summed E-state index contributed by atoms with van der Waals surface area (Å²) in [7, 11) is 3.25. The van der Waals surface area contributed by atoms with E-state index in [-0.39, 0.29) is 11.6 Å². The average Bonchev–Trinajstić information content (AvgIpc) is 2.82. The fourth-order valence-corrected chi connectivity index (χ4v) is 2.61. The Balaban J connectivity index is 2.32. The van der Waals surface area contributed by atoms with Crippen LogP contribution >= 0.6 is 11.3 Å². The molecule has 0 saturated carbocycles. The Hall–Kier alpha value is -1.83. The highest BCUT2D eigenvalue weighted by Crippen LogP contribution is 2.33. The molecule has 0 aliphatic carbocycles. The number of anilines is 2. The summed E-state index contributed by atoms with van der Waals surface area (Å²) < 4.78 is 38.7. The topological polar surface area (TPSA) is 41.0 Å². The molecule has 0 aliphatic rings. The lowest BCUT2D eigenvalue weighted by molar-refractivity contribution is -0.137. The highest BCUT2D eigenvalue weighted by molar-refractivity contribution is 7.09. The fourth-order valence-electron chi connectivity index (χ4n) is 1.78. The smallest absolute Gasteiger partial charge is 0.373 e. The van der Waals surface area contributed by atoms with Crippen molar-refractivity contribution in [1.29, 1.82) is 0 Å². The van der Waals surface area contributed by atoms with Gasteiger partial charge in [-0.05, 0) is 19.1 Å². The zero-order valence-electron chi connectivity index (χ0n) is 11.8. The Labute approximate surface area is 124 Å². The van der Waals surface area contributed by atoms with Crippen molar-refractivity contribution in [3.8, 4) is 0 Å². The van der Waals surface area contributed by atoms with E-state index >= 15 is 0 Å². The van der Waals surface area contributed by atoms with Gasteiger partial charge in [-0.15, -0.1) is 11.3 Å². The molecule has 2 aromatic rings. The SMILES string of the molecule is CNc1cc(C(F)(F)F)cc(N(C)Cc2scnc2C)n1. The van der Waals surface area contributed by atoms with E-state index in [1.807, 2.05) is 6.92 Å². The number of halogens is 3. The summed E-state index contributed by atoms with van der Waals surface area (Å²) in [5.41, 5.74) is 1.88. The second kappa shape index (κ2) is 5.88. The maximum absolute atomic E-state index is 12.9. The van der Waals surface area contributed by atoms with E-state index in [9.17, 15) is 13.2 Å². The normalized spacial score (nSPS) is 11.5. The number of aromatic nitrogens is 2. The first-order valence-electron chi connectivity index (χ1n) is 6.18. The van der Waals surface area contributed by atoms with E-state index in [2.05, 4.69) is 15.3 Å². The summed E-state index contributed by atoms with van der Waals surface area (Å²) in [5.74, 6) is 0.453. The minimum atomic E-state index is -4.40. The number of nitrogens with zero attached hydrogens (tertiary/aromatic N) is 3. The number of hydrogen-bond donors (Lipinski definition) is 1. The van der Waals surface area contributed by atoms with Crippen molar-refractivity contribution >= 4 is 23.0 Å². The summed E-state index contributed by atoms with van der Waals surface area (Å²) in [5, 5.41) is 2.66. The van der Waals surface area contributed by atoms with E-state index < -0.39 is 11.7 Å². The Bertz CT molecular complexity index is 624. The summed E-state index contributed by atoms with van der Waals surface area (Å²) in [6.07, 6.45) is -4.40. The molecule has 8 heteroatoms. The van der Waals surface area contributed by atoms with Crippen LogP contribution in [0.5, 0.6) is 0 Å². The van der Waals surface area contributed by atoms with Crippen LogP contribution in [0, 0.1) is 6.92 Å². The molecule has 0 bridgehead atoms. The molecule has 2 rings (SSSR count). The number of thiazole rings is 1. The summed E-state index contributed by atoms with van der Waals surface area (Å²) in [6, 6.07) is 2.05. The van der Waals surface area contributed by atoms with Crippen LogP contribution in [-0.4, -0.2) is 24.1 Å². The van der Waals surface area contributed by atoms with Gasteiger partial charge in [-0.3, -0.25) is 0 Å². The third-order valence-corrected chi connectivity index (χ3v) is 3.93. The minimum Gasteiger partial charge on any atom is -0.373 e. The number of alkyl halides is 3. The zero-order valence-corrected chi connectivity index (χ0v) is 12.6. The van der Waals surface area contributed by atoms with Gasteiger partial charge in [0.05, 0.1) is 23.3 Å². The second-order valence-corrected chi connectivity index (χ2v) is 5.50. The zero-order chi connectivity index (χ0) is 15.6. The monoisotopic (exact) mass is 316 g/mol. The molecule has 0 unspecified atom stereocenters. The highest BCUT2D eigenvalue weighted by atomic mass is 32.1. The fraction of sp³-hybridized carbons (Fsp3) is 0.385. The number of rotatable bonds is 4. The van der Waals surface area contributed by atoms with Crippen LogP contribution in [0.15, 0.2) is 17.6 Å². The predicted molar refractivity (Wildman–Crippen MR) is 77.7 cm³/mol. The van der Waals surface area contributed by atoms with Gasteiger partial charge in [0, 0.05) is 19.0 Å². The molecular weight excluding hydrogens is 301 g/mol. The third kappa shape index (κ3) is 3.63. The van der Waals surface area contributed by atoms with E-state index in [1.54, 1.807) is 24.5 Å². The minimum absolute atomic E-state index is 0.188. The van der Waals surface area contributed by atoms with Crippen molar-refractivity contribution in [2.45, 2.75) is 19.6 Å². The van der Waals surface area contributed by atoms with E-state index in [1.165, 1.54) is 11.3 Å². The van der Waals surface area contributed by atoms with Crippen LogP contribution in [0.2, 0.25) is 0 Å². The van der Waals surface area contributed by atoms with Crippen molar-refractivity contribution in [1.82, 2.24) is 9.97 Å². The molecule has 2 aromatic heterocycles. The van der Waals surface area contributed by atoms with Gasteiger partial charge in [-0.1, -0.05) is 0 Å². The maximum atomic E-state index is 12.9. The van der Waals surface area contributed by atoms with Crippen LogP contribution in [0.4, 0.5) is 24.8 Å². The molecule has 0 aliphatic heterocycles. The third-order valence-electron chi connectivity index (χ3n) is 3.01. The molecular formula is C13H15F3N4S. The van der Waals surface area contributed by atoms with Crippen LogP contribution in [0.25, 0.3) is 0 Å². The van der Waals surface area contributed by atoms with Gasteiger partial charge >= 0.3 is 6.18 Å². The van der Waals surface area contributed by atoms with Crippen LogP contribution in [0.3, 0.4) is 0 Å². The number of aryl methyl sites for hydroxylation is 1. The van der Waals surface area contributed by atoms with Gasteiger partial charge in [0.1, 0.15) is 11.6 Å². The average molecular weight is 316 g/mol. The molecule has 0 fully saturated rings. The Morgan fingerprint density at radius 1 is 1.33 bits per heavy atom. The van der Waals surface area contributed by atoms with Gasteiger partial charge < -0.3 is 10.2 Å². The van der Waals surface area contributed by atoms with Gasteiger partial charge in [-0.2, -0.15) is 13.2 Å². The summed E-state index contributed by atoms with van der Waals surface area (Å²) in [6.45, 7) is 2.34. The summed E-state index contributed by atoms with van der Waals surface area (Å²) in [4.78, 5) is 11.0. The predicted octanol–water partition coefficient (Wildman–Crippen LogP) is 3.54. The Kier molecular flexibility index (Phi) is 4.36. The number of pyridine rings is 1. The van der Waals surface area contributed by atoms with Gasteiger partial charge in [0.2, 0.25) is 0 Å². The van der Waals surface area contributed by atoms with Crippen molar-refractivity contribution in [3.05, 3.63) is 33.8 Å². The lowest BCUT2D eigenvalue weighted by Crippen LogP contribution is -2.19. The van der Waals surface area contributed by atoms with Crippen LogP contribution in [0.1, 0.15) is 16.1 Å². The molecule has 114 valence electrons. The largest absolute Gasteiger partial charge is 0.416 e. The first kappa shape index (κ1) is 15.6. The Morgan fingerprint density at radius 2 is 2.05 bits per heavy atom. The maximum Gasteiger partial charge on any atom is 0.416 e. The van der Waals surface area contributed by atoms with Crippen molar-refractivity contribution in [3.63, 3.8) is 0 Å². The number of nitrogens with one attached hydrogen (secondary N) is 1. The van der Waals surface area contributed by atoms with Crippen LogP contribution in [-0.2, 0) is 12.7 Å². The molecule has 0 aromatic carbocycles. The van der Waals surface area contributed by atoms with E-state index in [0.717, 1.165) is 22.7 Å². The first-order valence-corrected chi connectivity index (χ1v) is 7.06. The lowest BCUT2D eigenvalue weighted by atomic mass is 10.2. The quantitative estimate of drug-likeness (QED) is 0.936. The molecule has 0 atom stereocenters. The van der Waals surface area contributed by atoms with E-state index in [0.29, 0.717) is 6.54 Å². The number of hydrogen-bond acceptors (Lipinski definition) is 5. The second-order valence-electron chi connectivity index (χ2n) is 4.56. The molecule has 0 radical (unpaired) electrons. The van der Waals surface area contributed by atoms with E-state index in [4.69, 9.17) is 0 Å². The van der Waals surface area contributed by atoms with Gasteiger partial charge in [-0.25, -0.2) is 9.97 Å². The van der Waals surface area contributed by atoms with Crippen molar-refractivity contribution in [2.75, 3.05) is 24.3 Å². The van der Waals surface area contributed by atoms with Gasteiger partial charge in [0.25, 0.3) is 0 Å². The standard InChI is InChI=1S/C13H15F3N4S/c1-8-10(21-7-18-8)6-20(3)12-5-9(13(14,15)16)4-11(17-2)19-12/h4-5,7H,6H2,1-3H3,(H,17,19). The molecule has 2 heterocycles. The van der Waals surface area contributed by atoms with Gasteiger partial charge in [0.15, 0.2) is 0 Å². The summed E-state index contributed by atoms with van der Waals surface area (Å²) >= 11 is 1.47. The first-order chi connectivity index (χ1) is 9.81. The molecule has 1 N–H and O–H groups in total. The van der Waals surface area contributed by atoms with Crippen molar-refractivity contribution < 1.29 is 13.2 Å². The molecule has 4 nitrogen and oxygen atoms in total. The Morgan fingerprint density at radius 3 is 2.57 bits per heavy atom. The molecule has 0 spiro atoms.